The van der Waals surface area contributed by atoms with Crippen molar-refractivity contribution in [3.05, 3.63) is 53.6 Å². The number of carbonyl (C=O) groups is 2. The van der Waals surface area contributed by atoms with Crippen LogP contribution in [0.1, 0.15) is 29.2 Å². The van der Waals surface area contributed by atoms with Gasteiger partial charge >= 0.3 is 5.97 Å². The molecule has 2 rings (SSSR count). The molecule has 1 unspecified atom stereocenters. The zero-order valence-electron chi connectivity index (χ0n) is 11.2. The molecule has 1 heterocycles. The molecule has 0 aliphatic heterocycles. The van der Waals surface area contributed by atoms with Gasteiger partial charge in [-0.1, -0.05) is 0 Å². The lowest BCUT2D eigenvalue weighted by Gasteiger charge is -2.16. The van der Waals surface area contributed by atoms with Gasteiger partial charge in [0.25, 0.3) is 0 Å². The van der Waals surface area contributed by atoms with Crippen LogP contribution < -0.4 is 0 Å². The van der Waals surface area contributed by atoms with Gasteiger partial charge in [-0.3, -0.25) is 14.3 Å². The molecule has 22 heavy (non-hydrogen) atoms. The van der Waals surface area contributed by atoms with E-state index in [1.807, 2.05) is 0 Å². The summed E-state index contributed by atoms with van der Waals surface area (Å²) < 4.78 is 41.5. The SMILES string of the molecule is O=C(O)CCC(C(=O)c1c(F)cc(F)cc1F)n1cccn1. The third-order valence-electron chi connectivity index (χ3n) is 3.03. The quantitative estimate of drug-likeness (QED) is 0.832. The van der Waals surface area contributed by atoms with Crippen molar-refractivity contribution in [3.8, 4) is 0 Å². The lowest BCUT2D eigenvalue weighted by molar-refractivity contribution is -0.137. The number of rotatable bonds is 6. The summed E-state index contributed by atoms with van der Waals surface area (Å²) in [4.78, 5) is 23.0. The van der Waals surface area contributed by atoms with Crippen molar-refractivity contribution in [1.29, 1.82) is 0 Å². The minimum atomic E-state index is -1.34. The lowest BCUT2D eigenvalue weighted by Crippen LogP contribution is -2.23. The Labute approximate surface area is 123 Å². The van der Waals surface area contributed by atoms with Gasteiger partial charge in [0.05, 0.1) is 5.56 Å². The van der Waals surface area contributed by atoms with Crippen LogP contribution in [0.15, 0.2) is 30.6 Å². The average molecular weight is 312 g/mol. The van der Waals surface area contributed by atoms with Gasteiger partial charge in [-0.25, -0.2) is 13.2 Å². The third-order valence-corrected chi connectivity index (χ3v) is 3.03. The Hall–Kier alpha value is -2.64. The highest BCUT2D eigenvalue weighted by Crippen LogP contribution is 2.24. The summed E-state index contributed by atoms with van der Waals surface area (Å²) in [5, 5.41) is 12.5. The number of ketones is 1. The average Bonchev–Trinajstić information content (AvgIpc) is 2.91. The number of carboxylic acid groups (broad SMARTS) is 1. The molecule has 0 amide bonds. The van der Waals surface area contributed by atoms with Crippen LogP contribution in [0.4, 0.5) is 13.2 Å². The number of hydrogen-bond donors (Lipinski definition) is 1. The molecule has 5 nitrogen and oxygen atoms in total. The summed E-state index contributed by atoms with van der Waals surface area (Å²) in [5.41, 5.74) is -0.910. The first kappa shape index (κ1) is 15.7. The van der Waals surface area contributed by atoms with E-state index in [4.69, 9.17) is 5.11 Å². The molecule has 0 radical (unpaired) electrons. The second-order valence-corrected chi connectivity index (χ2v) is 4.54. The van der Waals surface area contributed by atoms with E-state index in [0.29, 0.717) is 12.1 Å². The maximum Gasteiger partial charge on any atom is 0.303 e. The van der Waals surface area contributed by atoms with E-state index in [1.165, 1.54) is 18.5 Å². The first-order valence-corrected chi connectivity index (χ1v) is 6.30. The van der Waals surface area contributed by atoms with Crippen LogP contribution in [0, 0.1) is 17.5 Å². The van der Waals surface area contributed by atoms with Crippen molar-refractivity contribution >= 4 is 11.8 Å². The van der Waals surface area contributed by atoms with Crippen molar-refractivity contribution < 1.29 is 27.9 Å². The molecule has 2 aromatic rings. The van der Waals surface area contributed by atoms with Crippen molar-refractivity contribution in [2.24, 2.45) is 0 Å². The predicted octanol–water partition coefficient (Wildman–Crippen LogP) is 2.59. The molecule has 0 saturated heterocycles. The number of aromatic nitrogens is 2. The molecule has 1 aromatic heterocycles. The van der Waals surface area contributed by atoms with Crippen LogP contribution in [-0.2, 0) is 4.79 Å². The van der Waals surface area contributed by atoms with Crippen LogP contribution in [0.2, 0.25) is 0 Å². The molecule has 1 atom stereocenters. The Morgan fingerprint density at radius 2 is 1.86 bits per heavy atom. The van der Waals surface area contributed by atoms with Crippen LogP contribution in [-0.4, -0.2) is 26.6 Å². The van der Waals surface area contributed by atoms with E-state index in [-0.39, 0.29) is 12.8 Å². The molecule has 0 fully saturated rings. The Balaban J connectivity index is 2.39. The molecule has 0 saturated carbocycles. The summed E-state index contributed by atoms with van der Waals surface area (Å²) in [6.07, 6.45) is 2.13. The van der Waals surface area contributed by atoms with E-state index in [9.17, 15) is 22.8 Å². The molecule has 0 bridgehead atoms. The number of Topliss-reactive ketones (excluding diaryl/α,β-unsaturated/α-hetero) is 1. The highest BCUT2D eigenvalue weighted by molar-refractivity contribution is 5.99. The summed E-state index contributed by atoms with van der Waals surface area (Å²) in [6, 6.07) is 1.08. The van der Waals surface area contributed by atoms with Gasteiger partial charge in [0, 0.05) is 30.9 Å². The molecule has 8 heteroatoms. The Morgan fingerprint density at radius 3 is 2.36 bits per heavy atom. The van der Waals surface area contributed by atoms with E-state index < -0.39 is 40.8 Å². The molecular weight excluding hydrogens is 301 g/mol. The molecule has 0 aliphatic rings. The zero-order valence-corrected chi connectivity index (χ0v) is 11.2. The van der Waals surface area contributed by atoms with E-state index in [1.54, 1.807) is 0 Å². The monoisotopic (exact) mass is 312 g/mol. The predicted molar refractivity (Wildman–Crippen MR) is 68.8 cm³/mol. The topological polar surface area (TPSA) is 72.2 Å². The number of nitrogens with zero attached hydrogens (tertiary/aromatic N) is 2. The minimum absolute atomic E-state index is 0.202. The van der Waals surface area contributed by atoms with Gasteiger partial charge in [0.15, 0.2) is 5.78 Å². The van der Waals surface area contributed by atoms with Gasteiger partial charge in [-0.2, -0.15) is 5.10 Å². The van der Waals surface area contributed by atoms with Gasteiger partial charge in [-0.15, -0.1) is 0 Å². The summed E-state index contributed by atoms with van der Waals surface area (Å²) in [7, 11) is 0. The molecule has 1 aromatic carbocycles. The maximum atomic E-state index is 13.7. The first-order valence-electron chi connectivity index (χ1n) is 6.30. The Kier molecular flexibility index (Phi) is 4.59. The standard InChI is InChI=1S/C14H11F3N2O3/c15-8-6-9(16)13(10(17)7-8)14(22)11(2-3-12(20)21)19-5-1-4-18-19/h1,4-7,11H,2-3H2,(H,20,21). The van der Waals surface area contributed by atoms with E-state index >= 15 is 0 Å². The normalized spacial score (nSPS) is 12.1. The van der Waals surface area contributed by atoms with Gasteiger partial charge in [-0.05, 0) is 12.5 Å². The van der Waals surface area contributed by atoms with Crippen molar-refractivity contribution in [2.75, 3.05) is 0 Å². The second-order valence-electron chi connectivity index (χ2n) is 4.54. The fraction of sp³-hybridized carbons (Fsp3) is 0.214. The summed E-state index contributed by atoms with van der Waals surface area (Å²) in [5.74, 6) is -5.98. The van der Waals surface area contributed by atoms with E-state index in [2.05, 4.69) is 5.10 Å². The number of carboxylic acids is 1. The van der Waals surface area contributed by atoms with Crippen molar-refractivity contribution in [1.82, 2.24) is 9.78 Å². The van der Waals surface area contributed by atoms with Crippen LogP contribution in [0.3, 0.4) is 0 Å². The molecule has 0 spiro atoms. The zero-order chi connectivity index (χ0) is 16.3. The van der Waals surface area contributed by atoms with Gasteiger partial charge < -0.3 is 5.11 Å². The Bertz CT molecular complexity index is 678. The van der Waals surface area contributed by atoms with Crippen molar-refractivity contribution in [2.45, 2.75) is 18.9 Å². The first-order chi connectivity index (χ1) is 10.4. The lowest BCUT2D eigenvalue weighted by atomic mass is 9.99. The van der Waals surface area contributed by atoms with Crippen LogP contribution in [0.25, 0.3) is 0 Å². The number of aliphatic carboxylic acids is 1. The molecule has 0 aliphatic carbocycles. The van der Waals surface area contributed by atoms with E-state index in [0.717, 1.165) is 4.68 Å². The second kappa shape index (κ2) is 6.42. The number of halogens is 3. The number of benzene rings is 1. The minimum Gasteiger partial charge on any atom is -0.481 e. The fourth-order valence-corrected chi connectivity index (χ4v) is 2.05. The fourth-order valence-electron chi connectivity index (χ4n) is 2.05. The van der Waals surface area contributed by atoms with Gasteiger partial charge in [0.2, 0.25) is 0 Å². The molecule has 116 valence electrons. The maximum absolute atomic E-state index is 13.7. The summed E-state index contributed by atoms with van der Waals surface area (Å²) >= 11 is 0. The molecular formula is C14H11F3N2O3. The highest BCUT2D eigenvalue weighted by atomic mass is 19.1. The number of carbonyl (C=O) groups excluding carboxylic acids is 1. The van der Waals surface area contributed by atoms with Crippen molar-refractivity contribution in [3.63, 3.8) is 0 Å². The Morgan fingerprint density at radius 1 is 1.23 bits per heavy atom. The highest BCUT2D eigenvalue weighted by Gasteiger charge is 2.28. The third kappa shape index (κ3) is 3.33. The number of hydrogen-bond acceptors (Lipinski definition) is 3. The van der Waals surface area contributed by atoms with Gasteiger partial charge in [0.1, 0.15) is 23.5 Å². The van der Waals surface area contributed by atoms with Crippen LogP contribution >= 0.6 is 0 Å². The smallest absolute Gasteiger partial charge is 0.303 e. The van der Waals surface area contributed by atoms with Crippen LogP contribution in [0.5, 0.6) is 0 Å². The molecule has 1 N–H and O–H groups in total. The summed E-state index contributed by atoms with van der Waals surface area (Å²) in [6.45, 7) is 0. The largest absolute Gasteiger partial charge is 0.481 e.